The fraction of sp³-hybridized carbons (Fsp3) is 0.222. The SMILES string of the molecule is Cc1ccc2cc3ccccc3cc2c1CC(O)CO. The summed E-state index contributed by atoms with van der Waals surface area (Å²) in [5.74, 6) is 0. The van der Waals surface area contributed by atoms with Crippen LogP contribution in [0.25, 0.3) is 21.5 Å². The first-order valence-electron chi connectivity index (χ1n) is 6.89. The highest BCUT2D eigenvalue weighted by Crippen LogP contribution is 2.28. The zero-order valence-corrected chi connectivity index (χ0v) is 11.5. The molecule has 20 heavy (non-hydrogen) atoms. The average molecular weight is 266 g/mol. The molecule has 3 aromatic carbocycles. The molecule has 0 saturated carbocycles. The van der Waals surface area contributed by atoms with Crippen LogP contribution in [-0.2, 0) is 6.42 Å². The molecule has 102 valence electrons. The van der Waals surface area contributed by atoms with Crippen molar-refractivity contribution in [2.45, 2.75) is 19.4 Å². The molecule has 1 atom stereocenters. The number of benzene rings is 3. The average Bonchev–Trinajstić information content (AvgIpc) is 2.48. The summed E-state index contributed by atoms with van der Waals surface area (Å²) in [5.41, 5.74) is 2.27. The third kappa shape index (κ3) is 2.28. The minimum absolute atomic E-state index is 0.205. The third-order valence-corrected chi connectivity index (χ3v) is 3.88. The Morgan fingerprint density at radius 1 is 0.950 bits per heavy atom. The molecule has 3 aromatic rings. The second-order valence-electron chi connectivity index (χ2n) is 5.32. The molecule has 0 spiro atoms. The highest BCUT2D eigenvalue weighted by Gasteiger charge is 2.11. The van der Waals surface area contributed by atoms with Gasteiger partial charge in [-0.25, -0.2) is 0 Å². The van der Waals surface area contributed by atoms with Crippen molar-refractivity contribution in [3.8, 4) is 0 Å². The summed E-state index contributed by atoms with van der Waals surface area (Å²) in [6.07, 6.45) is -0.219. The monoisotopic (exact) mass is 266 g/mol. The Balaban J connectivity index is 2.26. The lowest BCUT2D eigenvalue weighted by Crippen LogP contribution is -2.16. The van der Waals surface area contributed by atoms with Crippen LogP contribution in [0.2, 0.25) is 0 Å². The molecule has 1 unspecified atom stereocenters. The highest BCUT2D eigenvalue weighted by molar-refractivity contribution is 6.00. The molecule has 0 aromatic heterocycles. The maximum absolute atomic E-state index is 9.76. The van der Waals surface area contributed by atoms with Crippen LogP contribution in [0, 0.1) is 6.92 Å². The Labute approximate surface area is 118 Å². The van der Waals surface area contributed by atoms with Crippen molar-refractivity contribution in [3.05, 3.63) is 59.7 Å². The molecule has 3 rings (SSSR count). The number of hydrogen-bond donors (Lipinski definition) is 2. The maximum Gasteiger partial charge on any atom is 0.0811 e. The van der Waals surface area contributed by atoms with Gasteiger partial charge < -0.3 is 10.2 Å². The molecule has 2 N–H and O–H groups in total. The van der Waals surface area contributed by atoms with E-state index in [2.05, 4.69) is 36.4 Å². The van der Waals surface area contributed by atoms with Crippen LogP contribution < -0.4 is 0 Å². The molecule has 0 amide bonds. The summed E-state index contributed by atoms with van der Waals surface area (Å²) in [4.78, 5) is 0. The van der Waals surface area contributed by atoms with E-state index in [1.807, 2.05) is 19.1 Å². The predicted octanol–water partition coefficient (Wildman–Crippen LogP) is 3.20. The topological polar surface area (TPSA) is 40.5 Å². The van der Waals surface area contributed by atoms with E-state index in [4.69, 9.17) is 5.11 Å². The van der Waals surface area contributed by atoms with Gasteiger partial charge in [0, 0.05) is 6.42 Å². The van der Waals surface area contributed by atoms with Gasteiger partial charge in [0.2, 0.25) is 0 Å². The molecule has 0 bridgehead atoms. The van der Waals surface area contributed by atoms with Gasteiger partial charge in [-0.1, -0.05) is 36.4 Å². The van der Waals surface area contributed by atoms with Crippen molar-refractivity contribution in [1.82, 2.24) is 0 Å². The second-order valence-corrected chi connectivity index (χ2v) is 5.32. The van der Waals surface area contributed by atoms with Crippen molar-refractivity contribution < 1.29 is 10.2 Å². The van der Waals surface area contributed by atoms with Crippen LogP contribution in [0.1, 0.15) is 11.1 Å². The molecule has 0 radical (unpaired) electrons. The minimum Gasteiger partial charge on any atom is -0.394 e. The molecule has 0 heterocycles. The van der Waals surface area contributed by atoms with Gasteiger partial charge in [-0.2, -0.15) is 0 Å². The van der Waals surface area contributed by atoms with Gasteiger partial charge in [-0.3, -0.25) is 0 Å². The quantitative estimate of drug-likeness (QED) is 0.715. The lowest BCUT2D eigenvalue weighted by Gasteiger charge is -2.14. The largest absolute Gasteiger partial charge is 0.394 e. The first-order valence-corrected chi connectivity index (χ1v) is 6.89. The predicted molar refractivity (Wildman–Crippen MR) is 83.0 cm³/mol. The zero-order valence-electron chi connectivity index (χ0n) is 11.5. The van der Waals surface area contributed by atoms with Gasteiger partial charge in [0.15, 0.2) is 0 Å². The van der Waals surface area contributed by atoms with Crippen LogP contribution in [0.15, 0.2) is 48.5 Å². The summed E-state index contributed by atoms with van der Waals surface area (Å²) in [5, 5.41) is 23.6. The van der Waals surface area contributed by atoms with Crippen LogP contribution in [0.3, 0.4) is 0 Å². The summed E-state index contributed by atoms with van der Waals surface area (Å²) in [7, 11) is 0. The fourth-order valence-electron chi connectivity index (χ4n) is 2.76. The van der Waals surface area contributed by atoms with E-state index in [9.17, 15) is 5.11 Å². The molecule has 0 fully saturated rings. The van der Waals surface area contributed by atoms with E-state index in [1.165, 1.54) is 16.2 Å². The molecule has 0 aliphatic carbocycles. The number of aliphatic hydroxyl groups is 2. The Hall–Kier alpha value is -1.90. The first-order chi connectivity index (χ1) is 9.69. The lowest BCUT2D eigenvalue weighted by molar-refractivity contribution is 0.0956. The fourth-order valence-corrected chi connectivity index (χ4v) is 2.76. The molecule has 2 heteroatoms. The maximum atomic E-state index is 9.76. The van der Waals surface area contributed by atoms with E-state index < -0.39 is 6.10 Å². The Morgan fingerprint density at radius 3 is 2.35 bits per heavy atom. The smallest absolute Gasteiger partial charge is 0.0811 e. The third-order valence-electron chi connectivity index (χ3n) is 3.88. The van der Waals surface area contributed by atoms with Crippen molar-refractivity contribution in [3.63, 3.8) is 0 Å². The van der Waals surface area contributed by atoms with Gasteiger partial charge in [-0.15, -0.1) is 0 Å². The standard InChI is InChI=1S/C18H18O2/c1-12-6-7-15-8-13-4-2-3-5-14(13)9-18(15)17(12)10-16(20)11-19/h2-9,16,19-20H,10-11H2,1H3. The summed E-state index contributed by atoms with van der Waals surface area (Å²) < 4.78 is 0. The van der Waals surface area contributed by atoms with Crippen LogP contribution in [0.4, 0.5) is 0 Å². The zero-order chi connectivity index (χ0) is 14.1. The molecule has 0 aliphatic rings. The number of aliphatic hydroxyl groups excluding tert-OH is 2. The van der Waals surface area contributed by atoms with Crippen molar-refractivity contribution in [2.24, 2.45) is 0 Å². The van der Waals surface area contributed by atoms with E-state index in [0.29, 0.717) is 6.42 Å². The molecule has 2 nitrogen and oxygen atoms in total. The number of aryl methyl sites for hydroxylation is 1. The van der Waals surface area contributed by atoms with Crippen LogP contribution >= 0.6 is 0 Å². The number of rotatable bonds is 3. The molecular weight excluding hydrogens is 248 g/mol. The number of hydrogen-bond acceptors (Lipinski definition) is 2. The Bertz CT molecular complexity index is 762. The van der Waals surface area contributed by atoms with Crippen molar-refractivity contribution >= 4 is 21.5 Å². The van der Waals surface area contributed by atoms with Crippen LogP contribution in [-0.4, -0.2) is 22.9 Å². The molecular formula is C18H18O2. The van der Waals surface area contributed by atoms with Gasteiger partial charge >= 0.3 is 0 Å². The lowest BCUT2D eigenvalue weighted by atomic mass is 9.93. The Kier molecular flexibility index (Phi) is 3.43. The second kappa shape index (κ2) is 5.23. The van der Waals surface area contributed by atoms with Gasteiger partial charge in [-0.05, 0) is 51.7 Å². The van der Waals surface area contributed by atoms with Crippen LogP contribution in [0.5, 0.6) is 0 Å². The minimum atomic E-state index is -0.703. The van der Waals surface area contributed by atoms with E-state index in [1.54, 1.807) is 0 Å². The van der Waals surface area contributed by atoms with Gasteiger partial charge in [0.1, 0.15) is 0 Å². The van der Waals surface area contributed by atoms with E-state index in [0.717, 1.165) is 16.5 Å². The molecule has 0 aliphatic heterocycles. The van der Waals surface area contributed by atoms with Crippen molar-refractivity contribution in [2.75, 3.05) is 6.61 Å². The molecule has 0 saturated heterocycles. The Morgan fingerprint density at radius 2 is 1.65 bits per heavy atom. The van der Waals surface area contributed by atoms with Gasteiger partial charge in [0.05, 0.1) is 12.7 Å². The highest BCUT2D eigenvalue weighted by atomic mass is 16.3. The normalized spacial score (nSPS) is 12.9. The van der Waals surface area contributed by atoms with E-state index >= 15 is 0 Å². The van der Waals surface area contributed by atoms with E-state index in [-0.39, 0.29) is 6.61 Å². The summed E-state index contributed by atoms with van der Waals surface area (Å²) in [6, 6.07) is 16.8. The summed E-state index contributed by atoms with van der Waals surface area (Å²) in [6.45, 7) is 1.84. The van der Waals surface area contributed by atoms with Crippen molar-refractivity contribution in [1.29, 1.82) is 0 Å². The van der Waals surface area contributed by atoms with Gasteiger partial charge in [0.25, 0.3) is 0 Å². The number of fused-ring (bicyclic) bond motifs is 2. The first kappa shape index (κ1) is 13.1. The summed E-state index contributed by atoms with van der Waals surface area (Å²) >= 11 is 0.